The first-order chi connectivity index (χ1) is 22.4. The number of ketones is 4. The van der Waals surface area contributed by atoms with Crippen molar-refractivity contribution in [3.8, 4) is 0 Å². The standard InChI is InChI=1S/C38H59NO8S/c1-8-10-15-25(33(43)29(41)16-11-9-2)21-30(42)32-31-28(37(31,6)7)24-39(32)34(44)27(36(3,4)5)22-26(40)23-38(17-13-12-14-18-38)35-47-19-20-48(35,45)46/h9,25,27-28,31-32,35H,2,8,10-24H2,1,3-7H3/t25-,27-,28+,31+,32-,35-/m1/s1. The molecule has 9 nitrogen and oxygen atoms in total. The number of fused-ring (bicyclic) bond motifs is 1. The van der Waals surface area contributed by atoms with Crippen LogP contribution in [0.1, 0.15) is 125 Å². The number of ether oxygens (including phenoxy) is 1. The summed E-state index contributed by atoms with van der Waals surface area (Å²) in [6.07, 6.45) is 7.87. The number of nitrogens with zero attached hydrogens (tertiary/aromatic N) is 1. The van der Waals surface area contributed by atoms with E-state index in [0.717, 1.165) is 25.7 Å². The van der Waals surface area contributed by atoms with E-state index in [4.69, 9.17) is 4.74 Å². The van der Waals surface area contributed by atoms with Crippen LogP contribution < -0.4 is 0 Å². The van der Waals surface area contributed by atoms with Crippen LogP contribution in [0.25, 0.3) is 0 Å². The van der Waals surface area contributed by atoms with Gasteiger partial charge in [0.05, 0.1) is 18.4 Å². The Morgan fingerprint density at radius 2 is 1.71 bits per heavy atom. The fourth-order valence-corrected chi connectivity index (χ4v) is 11.0. The molecule has 0 bridgehead atoms. The fourth-order valence-electron chi connectivity index (χ4n) is 9.05. The highest BCUT2D eigenvalue weighted by atomic mass is 32.2. The van der Waals surface area contributed by atoms with Gasteiger partial charge in [-0.15, -0.1) is 6.58 Å². The lowest BCUT2D eigenvalue weighted by Gasteiger charge is -2.41. The molecule has 0 aromatic rings. The topological polar surface area (TPSA) is 132 Å². The molecule has 2 aliphatic carbocycles. The number of hydrogen-bond acceptors (Lipinski definition) is 8. The molecule has 2 heterocycles. The fraction of sp³-hybridized carbons (Fsp3) is 0.816. The normalized spacial score (nSPS) is 28.2. The molecular weight excluding hydrogens is 630 g/mol. The van der Waals surface area contributed by atoms with Crippen LogP contribution in [-0.2, 0) is 38.5 Å². The van der Waals surface area contributed by atoms with Crippen molar-refractivity contribution in [1.82, 2.24) is 4.90 Å². The zero-order valence-corrected chi connectivity index (χ0v) is 31.0. The van der Waals surface area contributed by atoms with Crippen molar-refractivity contribution in [3.63, 3.8) is 0 Å². The molecule has 2 saturated carbocycles. The summed E-state index contributed by atoms with van der Waals surface area (Å²) in [5.41, 5.74) is -2.50. The second kappa shape index (κ2) is 15.0. The third kappa shape index (κ3) is 8.06. The molecule has 1 amide bonds. The molecule has 48 heavy (non-hydrogen) atoms. The summed E-state index contributed by atoms with van der Waals surface area (Å²) in [5, 5.41) is 0. The van der Waals surface area contributed by atoms with Crippen molar-refractivity contribution in [1.29, 1.82) is 0 Å². The average molecular weight is 690 g/mol. The largest absolute Gasteiger partial charge is 0.361 e. The van der Waals surface area contributed by atoms with Gasteiger partial charge in [0.25, 0.3) is 0 Å². The maximum absolute atomic E-state index is 14.5. The minimum atomic E-state index is -3.48. The molecule has 4 fully saturated rings. The van der Waals surface area contributed by atoms with Crippen LogP contribution in [0.15, 0.2) is 12.7 Å². The molecule has 0 N–H and O–H groups in total. The lowest BCUT2D eigenvalue weighted by Crippen LogP contribution is -2.51. The van der Waals surface area contributed by atoms with Gasteiger partial charge in [0.15, 0.2) is 26.8 Å². The average Bonchev–Trinajstić information content (AvgIpc) is 3.33. The second-order valence-electron chi connectivity index (χ2n) is 16.8. The van der Waals surface area contributed by atoms with Gasteiger partial charge in [-0.25, -0.2) is 8.42 Å². The Kier molecular flexibility index (Phi) is 12.0. The zero-order valence-electron chi connectivity index (χ0n) is 30.2. The van der Waals surface area contributed by atoms with Crippen molar-refractivity contribution < 1.29 is 37.1 Å². The first-order valence-electron chi connectivity index (χ1n) is 18.3. The highest BCUT2D eigenvalue weighted by molar-refractivity contribution is 7.92. The molecule has 0 aromatic heterocycles. The number of piperidine rings is 1. The summed E-state index contributed by atoms with van der Waals surface area (Å²) in [5.74, 6) is -2.92. The van der Waals surface area contributed by atoms with Crippen molar-refractivity contribution in [2.24, 2.45) is 39.9 Å². The lowest BCUT2D eigenvalue weighted by molar-refractivity contribution is -0.148. The number of amides is 1. The predicted molar refractivity (Wildman–Crippen MR) is 185 cm³/mol. The molecule has 0 aromatic carbocycles. The Hall–Kier alpha value is -2.20. The first kappa shape index (κ1) is 38.6. The van der Waals surface area contributed by atoms with Gasteiger partial charge in [0.1, 0.15) is 5.78 Å². The van der Waals surface area contributed by atoms with E-state index in [1.54, 1.807) is 11.0 Å². The highest BCUT2D eigenvalue weighted by Crippen LogP contribution is 2.65. The summed E-state index contributed by atoms with van der Waals surface area (Å²) in [4.78, 5) is 70.3. The van der Waals surface area contributed by atoms with Gasteiger partial charge >= 0.3 is 0 Å². The lowest BCUT2D eigenvalue weighted by atomic mass is 9.69. The van der Waals surface area contributed by atoms with Crippen LogP contribution in [0.2, 0.25) is 0 Å². The monoisotopic (exact) mass is 689 g/mol. The van der Waals surface area contributed by atoms with Gasteiger partial charge in [-0.2, -0.15) is 0 Å². The smallest absolute Gasteiger partial charge is 0.227 e. The first-order valence-corrected chi connectivity index (χ1v) is 20.0. The molecular formula is C38H59NO8S. The number of carbonyl (C=O) groups is 5. The summed E-state index contributed by atoms with van der Waals surface area (Å²) >= 11 is 0. The molecule has 2 aliphatic heterocycles. The zero-order chi connectivity index (χ0) is 35.7. The van der Waals surface area contributed by atoms with E-state index in [9.17, 15) is 32.4 Å². The van der Waals surface area contributed by atoms with Crippen LogP contribution in [-0.4, -0.2) is 72.7 Å². The molecule has 4 rings (SSSR count). The molecule has 0 unspecified atom stereocenters. The van der Waals surface area contributed by atoms with E-state index in [1.807, 2.05) is 27.7 Å². The molecule has 0 spiro atoms. The van der Waals surface area contributed by atoms with Crippen molar-refractivity contribution in [2.45, 2.75) is 136 Å². The van der Waals surface area contributed by atoms with Gasteiger partial charge < -0.3 is 9.64 Å². The Labute approximate surface area is 288 Å². The number of allylic oxidation sites excluding steroid dienone is 1. The SMILES string of the molecule is C=CCCC(=O)C(=O)[C@H](CCCC)CC(=O)[C@@H]1[C@@H]2[C@H](CN1C(=O)[C@@H](CC(=O)CC1([C@@H]3OCCS3(=O)=O)CCCCC1)C(C)(C)C)C2(C)C. The van der Waals surface area contributed by atoms with Crippen molar-refractivity contribution in [3.05, 3.63) is 12.7 Å². The van der Waals surface area contributed by atoms with Gasteiger partial charge in [0.2, 0.25) is 11.7 Å². The van der Waals surface area contributed by atoms with E-state index in [1.165, 1.54) is 0 Å². The van der Waals surface area contributed by atoms with Crippen molar-refractivity contribution >= 4 is 38.9 Å². The predicted octanol–water partition coefficient (Wildman–Crippen LogP) is 6.07. The summed E-state index contributed by atoms with van der Waals surface area (Å²) < 4.78 is 31.8. The number of sulfone groups is 1. The molecule has 4 aliphatic rings. The molecule has 6 atom stereocenters. The molecule has 0 radical (unpaired) electrons. The van der Waals surface area contributed by atoms with Crippen LogP contribution in [0, 0.1) is 39.9 Å². The molecule has 10 heteroatoms. The van der Waals surface area contributed by atoms with Crippen LogP contribution in [0.4, 0.5) is 0 Å². The quantitative estimate of drug-likeness (QED) is 0.133. The second-order valence-corrected chi connectivity index (χ2v) is 19.0. The minimum absolute atomic E-state index is 0.0341. The van der Waals surface area contributed by atoms with Gasteiger partial charge in [-0.3, -0.25) is 24.0 Å². The highest BCUT2D eigenvalue weighted by Gasteiger charge is 2.69. The Balaban J connectivity index is 1.55. The number of hydrogen-bond donors (Lipinski definition) is 0. The third-order valence-electron chi connectivity index (χ3n) is 12.0. The van der Waals surface area contributed by atoms with Crippen LogP contribution in [0.5, 0.6) is 0 Å². The van der Waals surface area contributed by atoms with E-state index in [2.05, 4.69) is 20.4 Å². The molecule has 270 valence electrons. The summed E-state index contributed by atoms with van der Waals surface area (Å²) in [6.45, 7) is 16.2. The number of likely N-dealkylation sites (tertiary alicyclic amines) is 1. The Morgan fingerprint density at radius 3 is 2.27 bits per heavy atom. The minimum Gasteiger partial charge on any atom is -0.361 e. The summed E-state index contributed by atoms with van der Waals surface area (Å²) in [7, 11) is -3.48. The number of rotatable bonds is 17. The van der Waals surface area contributed by atoms with Crippen LogP contribution in [0.3, 0.4) is 0 Å². The van der Waals surface area contributed by atoms with Crippen LogP contribution >= 0.6 is 0 Å². The maximum Gasteiger partial charge on any atom is 0.227 e. The summed E-state index contributed by atoms with van der Waals surface area (Å²) in [6, 6.07) is -0.709. The van der Waals surface area contributed by atoms with Gasteiger partial charge in [-0.1, -0.05) is 79.7 Å². The Morgan fingerprint density at radius 1 is 1.04 bits per heavy atom. The molecule has 2 saturated heterocycles. The van der Waals surface area contributed by atoms with Gasteiger partial charge in [-0.05, 0) is 48.3 Å². The number of Topliss-reactive ketones (excluding diaryl/α,β-unsaturated/α-hetero) is 4. The van der Waals surface area contributed by atoms with E-state index in [-0.39, 0.29) is 72.8 Å². The van der Waals surface area contributed by atoms with Crippen molar-refractivity contribution in [2.75, 3.05) is 18.9 Å². The maximum atomic E-state index is 14.5. The van der Waals surface area contributed by atoms with E-state index in [0.29, 0.717) is 38.6 Å². The van der Waals surface area contributed by atoms with E-state index < -0.39 is 55.5 Å². The van der Waals surface area contributed by atoms with Gasteiger partial charge in [0, 0.05) is 49.5 Å². The Bertz CT molecular complexity index is 1370. The number of carbonyl (C=O) groups excluding carboxylic acids is 5. The number of unbranched alkanes of at least 4 members (excludes halogenated alkanes) is 1. The third-order valence-corrected chi connectivity index (χ3v) is 14.1. The van der Waals surface area contributed by atoms with E-state index >= 15 is 0 Å².